The average Bonchev–Trinajstić information content (AvgIpc) is 2.75. The van der Waals surface area contributed by atoms with Crippen molar-refractivity contribution in [3.63, 3.8) is 0 Å². The molecule has 2 rings (SSSR count). The molecule has 4 nitrogen and oxygen atoms in total. The third-order valence-electron chi connectivity index (χ3n) is 3.28. The lowest BCUT2D eigenvalue weighted by Crippen LogP contribution is -2.28. The van der Waals surface area contributed by atoms with E-state index in [1.807, 2.05) is 32.0 Å². The largest absolute Gasteiger partial charge is 0.345 e. The van der Waals surface area contributed by atoms with Gasteiger partial charge in [-0.2, -0.15) is 11.8 Å². The van der Waals surface area contributed by atoms with E-state index < -0.39 is 6.04 Å². The fourth-order valence-corrected chi connectivity index (χ4v) is 2.69. The number of hydrogen-bond donors (Lipinski definition) is 1. The Morgan fingerprint density at radius 2 is 1.45 bits per heavy atom. The first kappa shape index (κ1) is 32.3. The second-order valence-corrected chi connectivity index (χ2v) is 8.18. The van der Waals surface area contributed by atoms with Crippen molar-refractivity contribution in [3.05, 3.63) is 35.9 Å². The molecule has 0 bridgehead atoms. The molecule has 29 heavy (non-hydrogen) atoms. The van der Waals surface area contributed by atoms with Crippen molar-refractivity contribution >= 4 is 24.5 Å². The molecular formula is C24H46N2O2S. The van der Waals surface area contributed by atoms with E-state index in [0.29, 0.717) is 12.7 Å². The topological polar surface area (TPSA) is 49.4 Å². The Morgan fingerprint density at radius 1 is 1.00 bits per heavy atom. The molecular weight excluding hydrogens is 380 g/mol. The predicted octanol–water partition coefficient (Wildman–Crippen LogP) is 5.83. The van der Waals surface area contributed by atoms with Crippen LogP contribution in [0.5, 0.6) is 0 Å². The predicted molar refractivity (Wildman–Crippen MR) is 132 cm³/mol. The lowest BCUT2D eigenvalue weighted by atomic mass is 10.1. The van der Waals surface area contributed by atoms with Gasteiger partial charge in [0.1, 0.15) is 12.3 Å². The van der Waals surface area contributed by atoms with Gasteiger partial charge in [0.15, 0.2) is 0 Å². The number of nitrogens with zero attached hydrogens (tertiary/aromatic N) is 1. The van der Waals surface area contributed by atoms with E-state index in [1.165, 1.54) is 37.4 Å². The van der Waals surface area contributed by atoms with Gasteiger partial charge >= 0.3 is 0 Å². The van der Waals surface area contributed by atoms with Crippen LogP contribution in [0.2, 0.25) is 0 Å². The summed E-state index contributed by atoms with van der Waals surface area (Å²) in [6.45, 7) is 17.4. The van der Waals surface area contributed by atoms with Gasteiger partial charge in [0.2, 0.25) is 6.41 Å². The fraction of sp³-hybridized carbons (Fsp3) is 0.667. The van der Waals surface area contributed by atoms with E-state index in [4.69, 9.17) is 0 Å². The van der Waals surface area contributed by atoms with Crippen LogP contribution in [0.15, 0.2) is 30.3 Å². The van der Waals surface area contributed by atoms with Crippen LogP contribution in [0.4, 0.5) is 0 Å². The minimum absolute atomic E-state index is 0.520. The van der Waals surface area contributed by atoms with Crippen molar-refractivity contribution in [1.29, 1.82) is 0 Å². The lowest BCUT2D eigenvalue weighted by molar-refractivity contribution is -0.115. The van der Waals surface area contributed by atoms with Gasteiger partial charge in [-0.15, -0.1) is 0 Å². The van der Waals surface area contributed by atoms with Crippen LogP contribution < -0.4 is 5.32 Å². The Kier molecular flexibility index (Phi) is 29.7. The van der Waals surface area contributed by atoms with Crippen molar-refractivity contribution in [1.82, 2.24) is 10.2 Å². The normalized spacial score (nSPS) is 13.4. The van der Waals surface area contributed by atoms with Crippen molar-refractivity contribution in [2.75, 3.05) is 31.6 Å². The minimum Gasteiger partial charge on any atom is -0.345 e. The highest BCUT2D eigenvalue weighted by atomic mass is 32.2. The summed E-state index contributed by atoms with van der Waals surface area (Å²) in [5, 5.41) is 2.40. The van der Waals surface area contributed by atoms with E-state index in [-0.39, 0.29) is 0 Å². The second kappa shape index (κ2) is 26.7. The number of rotatable bonds is 5. The average molecular weight is 427 g/mol. The van der Waals surface area contributed by atoms with Crippen LogP contribution in [0.1, 0.15) is 72.9 Å². The van der Waals surface area contributed by atoms with Crippen LogP contribution in [0.25, 0.3) is 0 Å². The van der Waals surface area contributed by atoms with Crippen LogP contribution in [-0.2, 0) is 9.59 Å². The highest BCUT2D eigenvalue weighted by Gasteiger charge is 2.06. The number of benzene rings is 1. The molecule has 1 N–H and O–H groups in total. The number of nitrogens with one attached hydrogen (secondary N) is 1. The van der Waals surface area contributed by atoms with Crippen LogP contribution in [-0.4, -0.2) is 49.2 Å². The third kappa shape index (κ3) is 26.7. The summed E-state index contributed by atoms with van der Waals surface area (Å²) < 4.78 is 0. The number of hydrogen-bond acceptors (Lipinski definition) is 4. The molecule has 170 valence electrons. The molecule has 1 heterocycles. The van der Waals surface area contributed by atoms with Crippen LogP contribution in [0, 0.1) is 5.92 Å². The molecule has 0 aromatic heterocycles. The van der Waals surface area contributed by atoms with E-state index in [9.17, 15) is 9.59 Å². The first-order chi connectivity index (χ1) is 13.9. The molecule has 1 aliphatic heterocycles. The summed E-state index contributed by atoms with van der Waals surface area (Å²) in [5.74, 6) is 3.49. The maximum Gasteiger partial charge on any atom is 0.207 e. The fourth-order valence-electron chi connectivity index (χ4n) is 1.60. The van der Waals surface area contributed by atoms with E-state index in [1.54, 1.807) is 12.1 Å². The van der Waals surface area contributed by atoms with Gasteiger partial charge < -0.3 is 15.0 Å². The summed E-state index contributed by atoms with van der Waals surface area (Å²) in [6, 6.07) is 8.54. The minimum atomic E-state index is -0.524. The Hall–Kier alpha value is -1.33. The van der Waals surface area contributed by atoms with Crippen molar-refractivity contribution in [2.45, 2.75) is 67.3 Å². The third-order valence-corrected chi connectivity index (χ3v) is 4.22. The van der Waals surface area contributed by atoms with Crippen molar-refractivity contribution in [2.24, 2.45) is 5.92 Å². The van der Waals surface area contributed by atoms with Gasteiger partial charge in [-0.05, 0) is 18.5 Å². The van der Waals surface area contributed by atoms with Crippen molar-refractivity contribution < 1.29 is 9.59 Å². The standard InChI is InChI=1S/C9H9NO2.C5H11NS.2C4H10.C2H6/c11-6-9(10-7-12)8-4-2-1-3-5-8;1-6-2-4-7-5-3-6;1-4(2)3;1-3-4-2;1-2/h1-7,9H,(H,10,12);2-5H2,1H3;4H,1-3H3;3-4H2,1-2H3;1-2H3. The molecule has 1 saturated heterocycles. The Balaban J connectivity index is -0.000000338. The Labute approximate surface area is 185 Å². The van der Waals surface area contributed by atoms with Gasteiger partial charge in [-0.25, -0.2) is 0 Å². The molecule has 1 aromatic carbocycles. The quantitative estimate of drug-likeness (QED) is 0.602. The summed E-state index contributed by atoms with van der Waals surface area (Å²) in [7, 11) is 2.18. The first-order valence-electron chi connectivity index (χ1n) is 10.9. The molecule has 0 radical (unpaired) electrons. The Morgan fingerprint density at radius 3 is 1.72 bits per heavy atom. The SMILES string of the molecule is CC.CC(C)C.CCCC.CN1CCSCC1.O=CNC(C=O)c1ccccc1. The van der Waals surface area contributed by atoms with Crippen LogP contribution in [0.3, 0.4) is 0 Å². The van der Waals surface area contributed by atoms with E-state index >= 15 is 0 Å². The van der Waals surface area contributed by atoms with Gasteiger partial charge in [-0.1, -0.05) is 91.6 Å². The second-order valence-electron chi connectivity index (χ2n) is 6.96. The molecule has 0 aliphatic carbocycles. The number of carbonyl (C=O) groups is 2. The zero-order valence-corrected chi connectivity index (χ0v) is 20.9. The number of amides is 1. The van der Waals surface area contributed by atoms with Crippen LogP contribution >= 0.6 is 11.8 Å². The molecule has 1 amide bonds. The van der Waals surface area contributed by atoms with Gasteiger partial charge in [0.05, 0.1) is 0 Å². The summed E-state index contributed by atoms with van der Waals surface area (Å²) in [4.78, 5) is 22.9. The maximum absolute atomic E-state index is 10.5. The first-order valence-corrected chi connectivity index (χ1v) is 12.0. The molecule has 0 spiro atoms. The molecule has 1 fully saturated rings. The summed E-state index contributed by atoms with van der Waals surface area (Å²) in [6.07, 6.45) is 3.86. The molecule has 0 saturated carbocycles. The lowest BCUT2D eigenvalue weighted by Gasteiger charge is -2.20. The zero-order chi connectivity index (χ0) is 22.9. The zero-order valence-electron chi connectivity index (χ0n) is 20.1. The molecule has 5 heteroatoms. The molecule has 1 aromatic rings. The van der Waals surface area contributed by atoms with E-state index in [0.717, 1.165) is 11.5 Å². The molecule has 1 atom stereocenters. The van der Waals surface area contributed by atoms with Crippen molar-refractivity contribution in [3.8, 4) is 0 Å². The van der Waals surface area contributed by atoms with E-state index in [2.05, 4.69) is 63.6 Å². The number of unbranched alkanes of at least 4 members (excludes halogenated alkanes) is 1. The molecule has 1 unspecified atom stereocenters. The van der Waals surface area contributed by atoms with Gasteiger partial charge in [0, 0.05) is 24.6 Å². The number of aldehydes is 1. The summed E-state index contributed by atoms with van der Waals surface area (Å²) in [5.41, 5.74) is 0.791. The highest BCUT2D eigenvalue weighted by Crippen LogP contribution is 2.08. The summed E-state index contributed by atoms with van der Waals surface area (Å²) >= 11 is 2.06. The number of carbonyl (C=O) groups excluding carboxylic acids is 2. The highest BCUT2D eigenvalue weighted by molar-refractivity contribution is 7.99. The smallest absolute Gasteiger partial charge is 0.207 e. The molecule has 1 aliphatic rings. The van der Waals surface area contributed by atoms with Gasteiger partial charge in [0.25, 0.3) is 0 Å². The Bertz CT molecular complexity index is 431. The number of thioether (sulfide) groups is 1. The monoisotopic (exact) mass is 426 g/mol. The maximum atomic E-state index is 10.5. The van der Waals surface area contributed by atoms with Gasteiger partial charge in [-0.3, -0.25) is 4.79 Å².